The van der Waals surface area contributed by atoms with Gasteiger partial charge in [-0.25, -0.2) is 0 Å². The highest BCUT2D eigenvalue weighted by molar-refractivity contribution is 5.76. The van der Waals surface area contributed by atoms with Crippen LogP contribution in [0.3, 0.4) is 0 Å². The quantitative estimate of drug-likeness (QED) is 0.846. The fraction of sp³-hybridized carbons (Fsp3) is 0.588. The molecule has 0 fully saturated rings. The number of carbonyl (C=O) groups excluding carboxylic acids is 1. The topological polar surface area (TPSA) is 44.4 Å². The Balaban J connectivity index is 2.67. The molecule has 1 rings (SSSR count). The summed E-state index contributed by atoms with van der Waals surface area (Å²) in [5.41, 5.74) is 3.82. The van der Waals surface area contributed by atoms with Crippen molar-refractivity contribution < 1.29 is 4.79 Å². The van der Waals surface area contributed by atoms with Gasteiger partial charge in [0.25, 0.3) is 0 Å². The van der Waals surface area contributed by atoms with E-state index in [1.165, 1.54) is 16.8 Å². The number of amides is 1. The van der Waals surface area contributed by atoms with Crippen LogP contribution in [0.15, 0.2) is 18.2 Å². The van der Waals surface area contributed by atoms with Crippen LogP contribution in [0.1, 0.15) is 38.3 Å². The zero-order valence-corrected chi connectivity index (χ0v) is 14.2. The Morgan fingerprint density at radius 1 is 1.29 bits per heavy atom. The summed E-state index contributed by atoms with van der Waals surface area (Å²) < 4.78 is 0. The zero-order valence-electron chi connectivity index (χ0n) is 14.2. The highest BCUT2D eigenvalue weighted by atomic mass is 16.1. The number of carbonyl (C=O) groups is 1. The highest BCUT2D eigenvalue weighted by Gasteiger charge is 2.10. The summed E-state index contributed by atoms with van der Waals surface area (Å²) in [6.07, 6.45) is 0.514. The molecule has 1 amide bonds. The molecule has 1 aromatic carbocycles. The second-order valence-corrected chi connectivity index (χ2v) is 6.57. The van der Waals surface area contributed by atoms with E-state index in [-0.39, 0.29) is 11.4 Å². The third kappa shape index (κ3) is 6.17. The van der Waals surface area contributed by atoms with Crippen LogP contribution in [-0.4, -0.2) is 32.1 Å². The first-order chi connectivity index (χ1) is 9.73. The van der Waals surface area contributed by atoms with Gasteiger partial charge in [0.2, 0.25) is 5.91 Å². The van der Waals surface area contributed by atoms with Gasteiger partial charge in [0.15, 0.2) is 0 Å². The summed E-state index contributed by atoms with van der Waals surface area (Å²) >= 11 is 0. The van der Waals surface area contributed by atoms with Gasteiger partial charge in [-0.1, -0.05) is 12.1 Å². The normalized spacial score (nSPS) is 11.3. The Labute approximate surface area is 128 Å². The van der Waals surface area contributed by atoms with Gasteiger partial charge < -0.3 is 15.5 Å². The largest absolute Gasteiger partial charge is 0.374 e. The molecule has 0 bridgehead atoms. The summed E-state index contributed by atoms with van der Waals surface area (Å²) in [7, 11) is 3.70. The lowest BCUT2D eigenvalue weighted by Gasteiger charge is -2.23. The Morgan fingerprint density at radius 2 is 1.95 bits per heavy atom. The van der Waals surface area contributed by atoms with E-state index in [0.717, 1.165) is 13.1 Å². The average Bonchev–Trinajstić information content (AvgIpc) is 2.41. The average molecular weight is 291 g/mol. The third-order valence-corrected chi connectivity index (χ3v) is 3.45. The molecule has 0 saturated carbocycles. The molecule has 0 aliphatic rings. The van der Waals surface area contributed by atoms with Crippen molar-refractivity contribution in [3.8, 4) is 0 Å². The van der Waals surface area contributed by atoms with E-state index < -0.39 is 0 Å². The van der Waals surface area contributed by atoms with Crippen LogP contribution >= 0.6 is 0 Å². The van der Waals surface area contributed by atoms with Crippen LogP contribution in [-0.2, 0) is 11.3 Å². The molecular weight excluding hydrogens is 262 g/mol. The van der Waals surface area contributed by atoms with Crippen molar-refractivity contribution in [2.24, 2.45) is 0 Å². The van der Waals surface area contributed by atoms with Crippen molar-refractivity contribution in [2.45, 2.75) is 46.2 Å². The summed E-state index contributed by atoms with van der Waals surface area (Å²) in [5, 5.41) is 6.15. The van der Waals surface area contributed by atoms with Gasteiger partial charge >= 0.3 is 0 Å². The van der Waals surface area contributed by atoms with Crippen molar-refractivity contribution in [1.29, 1.82) is 0 Å². The highest BCUT2D eigenvalue weighted by Crippen LogP contribution is 2.20. The molecule has 118 valence electrons. The second-order valence-electron chi connectivity index (χ2n) is 6.57. The number of benzene rings is 1. The van der Waals surface area contributed by atoms with Gasteiger partial charge in [-0.05, 0) is 44.9 Å². The van der Waals surface area contributed by atoms with E-state index in [1.807, 2.05) is 7.05 Å². The number of aryl methyl sites for hydroxylation is 1. The number of nitrogens with one attached hydrogen (secondary N) is 2. The molecule has 0 heterocycles. The van der Waals surface area contributed by atoms with Gasteiger partial charge in [0.05, 0.1) is 0 Å². The molecule has 0 aromatic heterocycles. The van der Waals surface area contributed by atoms with Crippen LogP contribution < -0.4 is 15.5 Å². The minimum Gasteiger partial charge on any atom is -0.374 e. The maximum atomic E-state index is 11.3. The number of anilines is 1. The van der Waals surface area contributed by atoms with Gasteiger partial charge in [-0.15, -0.1) is 0 Å². The van der Waals surface area contributed by atoms with Crippen LogP contribution in [0.5, 0.6) is 0 Å². The van der Waals surface area contributed by atoms with E-state index >= 15 is 0 Å². The Hall–Kier alpha value is -1.55. The smallest absolute Gasteiger partial charge is 0.221 e. The molecule has 0 unspecified atom stereocenters. The lowest BCUT2D eigenvalue weighted by atomic mass is 10.1. The number of hydrogen-bond donors (Lipinski definition) is 2. The zero-order chi connectivity index (χ0) is 16.0. The number of nitrogens with zero attached hydrogens (tertiary/aromatic N) is 1. The van der Waals surface area contributed by atoms with E-state index in [4.69, 9.17) is 0 Å². The van der Waals surface area contributed by atoms with E-state index in [9.17, 15) is 4.79 Å². The Bertz CT molecular complexity index is 477. The molecule has 4 nitrogen and oxygen atoms in total. The van der Waals surface area contributed by atoms with Crippen LogP contribution in [0.25, 0.3) is 0 Å². The van der Waals surface area contributed by atoms with E-state index in [0.29, 0.717) is 6.42 Å². The van der Waals surface area contributed by atoms with Gasteiger partial charge in [0.1, 0.15) is 0 Å². The van der Waals surface area contributed by atoms with Crippen molar-refractivity contribution in [2.75, 3.05) is 25.5 Å². The molecule has 0 saturated heterocycles. The Kier molecular flexibility index (Phi) is 6.21. The number of hydrogen-bond acceptors (Lipinski definition) is 3. The second kappa shape index (κ2) is 7.46. The van der Waals surface area contributed by atoms with Crippen molar-refractivity contribution in [3.63, 3.8) is 0 Å². The predicted octanol–water partition coefficient (Wildman–Crippen LogP) is 2.46. The molecule has 0 radical (unpaired) electrons. The van der Waals surface area contributed by atoms with Gasteiger partial charge in [0, 0.05) is 44.8 Å². The van der Waals surface area contributed by atoms with E-state index in [1.54, 1.807) is 7.05 Å². The molecule has 1 aromatic rings. The minimum atomic E-state index is 0.0745. The summed E-state index contributed by atoms with van der Waals surface area (Å²) in [5.74, 6) is 0.0745. The molecule has 21 heavy (non-hydrogen) atoms. The van der Waals surface area contributed by atoms with Gasteiger partial charge in [-0.3, -0.25) is 4.79 Å². The van der Waals surface area contributed by atoms with Crippen LogP contribution in [0, 0.1) is 6.92 Å². The van der Waals surface area contributed by atoms with E-state index in [2.05, 4.69) is 61.4 Å². The molecular formula is C17H29N3O. The molecule has 0 aliphatic heterocycles. The monoisotopic (exact) mass is 291 g/mol. The molecule has 0 atom stereocenters. The molecule has 0 spiro atoms. The third-order valence-electron chi connectivity index (χ3n) is 3.45. The van der Waals surface area contributed by atoms with Crippen molar-refractivity contribution >= 4 is 11.6 Å². The van der Waals surface area contributed by atoms with Crippen molar-refractivity contribution in [3.05, 3.63) is 29.3 Å². The summed E-state index contributed by atoms with van der Waals surface area (Å²) in [6.45, 7) is 10.2. The first-order valence-electron chi connectivity index (χ1n) is 7.49. The summed E-state index contributed by atoms with van der Waals surface area (Å²) in [4.78, 5) is 13.5. The van der Waals surface area contributed by atoms with Crippen LogP contribution in [0.4, 0.5) is 5.69 Å². The fourth-order valence-corrected chi connectivity index (χ4v) is 2.14. The lowest BCUT2D eigenvalue weighted by molar-refractivity contribution is -0.120. The minimum absolute atomic E-state index is 0.0745. The fourth-order valence-electron chi connectivity index (χ4n) is 2.14. The maximum absolute atomic E-state index is 11.3. The first-order valence-corrected chi connectivity index (χ1v) is 7.49. The van der Waals surface area contributed by atoms with Crippen molar-refractivity contribution in [1.82, 2.24) is 10.6 Å². The summed E-state index contributed by atoms with van der Waals surface area (Å²) in [6, 6.07) is 6.50. The standard InChI is InChI=1S/C17H29N3O/c1-13-11-14(12-19-17(2,3)4)7-8-15(13)20(6)10-9-16(21)18-5/h7-8,11,19H,9-10,12H2,1-6H3,(H,18,21). The van der Waals surface area contributed by atoms with Crippen LogP contribution in [0.2, 0.25) is 0 Å². The first kappa shape index (κ1) is 17.5. The lowest BCUT2D eigenvalue weighted by Crippen LogP contribution is -2.35. The van der Waals surface area contributed by atoms with Gasteiger partial charge in [-0.2, -0.15) is 0 Å². The molecule has 0 aliphatic carbocycles. The molecule has 2 N–H and O–H groups in total. The Morgan fingerprint density at radius 3 is 2.48 bits per heavy atom. The predicted molar refractivity (Wildman–Crippen MR) is 89.7 cm³/mol. The number of rotatable bonds is 6. The SMILES string of the molecule is CNC(=O)CCN(C)c1ccc(CNC(C)(C)C)cc1C. The maximum Gasteiger partial charge on any atom is 0.221 e. The molecule has 4 heteroatoms.